The number of halogens is 1. The second-order valence-corrected chi connectivity index (χ2v) is 10.7. The molecule has 1 aliphatic heterocycles. The van der Waals surface area contributed by atoms with Gasteiger partial charge in [-0.3, -0.25) is 4.79 Å². The van der Waals surface area contributed by atoms with Gasteiger partial charge in [0.1, 0.15) is 17.1 Å². The van der Waals surface area contributed by atoms with E-state index in [0.717, 1.165) is 38.8 Å². The van der Waals surface area contributed by atoms with Gasteiger partial charge in [-0.2, -0.15) is 0 Å². The van der Waals surface area contributed by atoms with Crippen molar-refractivity contribution in [1.82, 2.24) is 9.88 Å². The first-order valence-corrected chi connectivity index (χ1v) is 12.7. The molecule has 3 aromatic rings. The highest BCUT2D eigenvalue weighted by Crippen LogP contribution is 2.36. The molecular weight excluding hydrogens is 453 g/mol. The first-order valence-electron chi connectivity index (χ1n) is 10.2. The number of thiazole rings is 1. The Balaban J connectivity index is 1.36. The number of fused-ring (bicyclic) bond motifs is 1. The largest absolute Gasteiger partial charge is 0.494 e. The maximum Gasteiger partial charge on any atom is 0.223 e. The molecule has 1 amide bonds. The van der Waals surface area contributed by atoms with E-state index >= 15 is 0 Å². The van der Waals surface area contributed by atoms with Crippen LogP contribution in [0.15, 0.2) is 41.3 Å². The lowest BCUT2D eigenvalue weighted by atomic mass is 10.2. The summed E-state index contributed by atoms with van der Waals surface area (Å²) in [6, 6.07) is 8.59. The number of aryl methyl sites for hydroxylation is 1. The summed E-state index contributed by atoms with van der Waals surface area (Å²) in [4.78, 5) is 21.2. The molecule has 0 N–H and O–H groups in total. The summed E-state index contributed by atoms with van der Waals surface area (Å²) in [6.45, 7) is 4.29. The van der Waals surface area contributed by atoms with Gasteiger partial charge in [-0.05, 0) is 42.8 Å². The van der Waals surface area contributed by atoms with Crippen molar-refractivity contribution in [3.63, 3.8) is 0 Å². The molecule has 10 heteroatoms. The highest BCUT2D eigenvalue weighted by atomic mass is 32.2. The zero-order valence-electron chi connectivity index (χ0n) is 17.9. The average molecular weight is 478 g/mol. The number of methoxy groups -OCH3 is 1. The molecule has 32 heavy (non-hydrogen) atoms. The van der Waals surface area contributed by atoms with Crippen molar-refractivity contribution in [3.05, 3.63) is 47.8 Å². The summed E-state index contributed by atoms with van der Waals surface area (Å²) < 4.78 is 44.4. The molecule has 1 fully saturated rings. The minimum absolute atomic E-state index is 0.0260. The molecule has 4 rings (SSSR count). The van der Waals surface area contributed by atoms with Crippen LogP contribution >= 0.6 is 11.3 Å². The second kappa shape index (κ2) is 9.03. The van der Waals surface area contributed by atoms with Gasteiger partial charge in [-0.1, -0.05) is 17.4 Å². The lowest BCUT2D eigenvalue weighted by Crippen LogP contribution is -2.49. The minimum Gasteiger partial charge on any atom is -0.494 e. The quantitative estimate of drug-likeness (QED) is 0.507. The number of hydrogen-bond acceptors (Lipinski definition) is 7. The molecule has 0 spiro atoms. The normalized spacial score (nSPS) is 14.7. The van der Waals surface area contributed by atoms with Crippen molar-refractivity contribution in [2.45, 2.75) is 18.2 Å². The zero-order chi connectivity index (χ0) is 22.9. The monoisotopic (exact) mass is 477 g/mol. The molecule has 0 atom stereocenters. The van der Waals surface area contributed by atoms with Gasteiger partial charge in [0, 0.05) is 32.6 Å². The first kappa shape index (κ1) is 22.5. The fourth-order valence-corrected chi connectivity index (χ4v) is 6.02. The number of hydrogen-bond donors (Lipinski definition) is 0. The first-order chi connectivity index (χ1) is 15.3. The fourth-order valence-electron chi connectivity index (χ4n) is 3.69. The lowest BCUT2D eigenvalue weighted by Gasteiger charge is -2.34. The summed E-state index contributed by atoms with van der Waals surface area (Å²) >= 11 is 1.61. The Morgan fingerprint density at radius 1 is 1.12 bits per heavy atom. The van der Waals surface area contributed by atoms with Crippen molar-refractivity contribution in [1.29, 1.82) is 0 Å². The van der Waals surface area contributed by atoms with Gasteiger partial charge in [-0.15, -0.1) is 0 Å². The van der Waals surface area contributed by atoms with Crippen LogP contribution in [0.5, 0.6) is 5.75 Å². The predicted octanol–water partition coefficient (Wildman–Crippen LogP) is 3.27. The van der Waals surface area contributed by atoms with Crippen LogP contribution in [-0.2, 0) is 14.6 Å². The van der Waals surface area contributed by atoms with Gasteiger partial charge in [0.15, 0.2) is 15.0 Å². The highest BCUT2D eigenvalue weighted by Gasteiger charge is 2.25. The average Bonchev–Trinajstić information content (AvgIpc) is 3.25. The summed E-state index contributed by atoms with van der Waals surface area (Å²) in [5.41, 5.74) is 1.98. The summed E-state index contributed by atoms with van der Waals surface area (Å²) in [7, 11) is -2.01. The third kappa shape index (κ3) is 4.56. The summed E-state index contributed by atoms with van der Waals surface area (Å²) in [5, 5.41) is 0.888. The maximum atomic E-state index is 13.0. The molecule has 0 bridgehead atoms. The Bertz CT molecular complexity index is 1230. The van der Waals surface area contributed by atoms with Crippen LogP contribution in [0.4, 0.5) is 9.52 Å². The zero-order valence-corrected chi connectivity index (χ0v) is 19.5. The molecule has 0 unspecified atom stereocenters. The Kier molecular flexibility index (Phi) is 6.34. The van der Waals surface area contributed by atoms with Gasteiger partial charge >= 0.3 is 0 Å². The standard InChI is InChI=1S/C22H24FN3O4S2/c1-15-3-8-18(30-2)20-21(15)31-22(24-20)26-12-10-25(11-13-26)19(27)9-14-32(28,29)17-6-4-16(23)5-7-17/h3-8H,9-14H2,1-2H3. The number of rotatable bonds is 6. The topological polar surface area (TPSA) is 79.8 Å². The van der Waals surface area contributed by atoms with Crippen LogP contribution in [0.1, 0.15) is 12.0 Å². The van der Waals surface area contributed by atoms with E-state index in [-0.39, 0.29) is 23.0 Å². The molecule has 2 aromatic carbocycles. The molecule has 7 nitrogen and oxygen atoms in total. The third-order valence-electron chi connectivity index (χ3n) is 5.57. The molecule has 170 valence electrons. The Morgan fingerprint density at radius 2 is 1.81 bits per heavy atom. The molecular formula is C22H24FN3O4S2. The van der Waals surface area contributed by atoms with Gasteiger partial charge in [0.2, 0.25) is 5.91 Å². The number of aromatic nitrogens is 1. The second-order valence-electron chi connectivity index (χ2n) is 7.65. The van der Waals surface area contributed by atoms with E-state index in [1.54, 1.807) is 23.3 Å². The SMILES string of the molecule is COc1ccc(C)c2sc(N3CCN(C(=O)CCS(=O)(=O)c4ccc(F)cc4)CC3)nc12. The number of carbonyl (C=O) groups is 1. The molecule has 1 aromatic heterocycles. The van der Waals surface area contributed by atoms with Crippen molar-refractivity contribution < 1.29 is 22.3 Å². The van der Waals surface area contributed by atoms with Gasteiger partial charge < -0.3 is 14.5 Å². The summed E-state index contributed by atoms with van der Waals surface area (Å²) in [6.07, 6.45) is -0.1000. The molecule has 0 aliphatic carbocycles. The number of benzene rings is 2. The maximum absolute atomic E-state index is 13.0. The number of nitrogens with zero attached hydrogens (tertiary/aromatic N) is 3. The number of ether oxygens (including phenoxy) is 1. The van der Waals surface area contributed by atoms with Gasteiger partial charge in [-0.25, -0.2) is 17.8 Å². The molecule has 0 saturated carbocycles. The van der Waals surface area contributed by atoms with Crippen molar-refractivity contribution in [3.8, 4) is 5.75 Å². The predicted molar refractivity (Wildman–Crippen MR) is 123 cm³/mol. The van der Waals surface area contributed by atoms with Crippen LogP contribution in [0.3, 0.4) is 0 Å². The number of anilines is 1. The van der Waals surface area contributed by atoms with E-state index in [1.165, 1.54) is 12.1 Å². The molecule has 2 heterocycles. The highest BCUT2D eigenvalue weighted by molar-refractivity contribution is 7.91. The van der Waals surface area contributed by atoms with Crippen molar-refractivity contribution in [2.24, 2.45) is 0 Å². The Hall–Kier alpha value is -2.72. The molecule has 1 saturated heterocycles. The third-order valence-corrected chi connectivity index (χ3v) is 8.56. The van der Waals surface area contributed by atoms with E-state index in [2.05, 4.69) is 4.90 Å². The Labute approximate surface area is 190 Å². The van der Waals surface area contributed by atoms with Crippen molar-refractivity contribution >= 4 is 42.4 Å². The molecule has 1 aliphatic rings. The van der Waals surface area contributed by atoms with Crippen LogP contribution in [0.2, 0.25) is 0 Å². The van der Waals surface area contributed by atoms with E-state index in [9.17, 15) is 17.6 Å². The van der Waals surface area contributed by atoms with Crippen LogP contribution in [-0.4, -0.2) is 63.3 Å². The van der Waals surface area contributed by atoms with E-state index in [4.69, 9.17) is 9.72 Å². The van der Waals surface area contributed by atoms with E-state index < -0.39 is 15.7 Å². The number of piperazine rings is 1. The van der Waals surface area contributed by atoms with Crippen LogP contribution in [0, 0.1) is 12.7 Å². The van der Waals surface area contributed by atoms with Crippen LogP contribution in [0.25, 0.3) is 10.2 Å². The van der Waals surface area contributed by atoms with Gasteiger partial charge in [0.25, 0.3) is 0 Å². The van der Waals surface area contributed by atoms with E-state index in [1.807, 2.05) is 19.1 Å². The lowest BCUT2D eigenvalue weighted by molar-refractivity contribution is -0.131. The minimum atomic E-state index is -3.63. The number of amides is 1. The number of sulfone groups is 1. The van der Waals surface area contributed by atoms with Crippen molar-refractivity contribution in [2.75, 3.05) is 43.9 Å². The van der Waals surface area contributed by atoms with E-state index in [0.29, 0.717) is 26.2 Å². The smallest absolute Gasteiger partial charge is 0.223 e. The Morgan fingerprint density at radius 3 is 2.47 bits per heavy atom. The fraction of sp³-hybridized carbons (Fsp3) is 0.364. The van der Waals surface area contributed by atoms with Crippen LogP contribution < -0.4 is 9.64 Å². The van der Waals surface area contributed by atoms with Gasteiger partial charge in [0.05, 0.1) is 22.5 Å². The number of carbonyl (C=O) groups excluding carboxylic acids is 1. The summed E-state index contributed by atoms with van der Waals surface area (Å²) in [5.74, 6) is -0.254. The molecule has 0 radical (unpaired) electrons.